The fourth-order valence-electron chi connectivity index (χ4n) is 3.84. The third-order valence-corrected chi connectivity index (χ3v) is 4.52. The van der Waals surface area contributed by atoms with E-state index in [9.17, 15) is 9.59 Å². The van der Waals surface area contributed by atoms with Crippen molar-refractivity contribution in [2.45, 2.75) is 44.6 Å². The van der Waals surface area contributed by atoms with Crippen LogP contribution in [0.4, 0.5) is 0 Å². The van der Waals surface area contributed by atoms with E-state index in [2.05, 4.69) is 10.2 Å². The highest BCUT2D eigenvalue weighted by molar-refractivity contribution is 5.98. The maximum Gasteiger partial charge on any atom is 0.227 e. The van der Waals surface area contributed by atoms with E-state index < -0.39 is 0 Å². The molecule has 0 radical (unpaired) electrons. The van der Waals surface area contributed by atoms with Crippen molar-refractivity contribution < 1.29 is 9.59 Å². The summed E-state index contributed by atoms with van der Waals surface area (Å²) >= 11 is 0. The largest absolute Gasteiger partial charge is 0.300 e. The normalized spacial score (nSPS) is 33.9. The molecule has 4 nitrogen and oxygen atoms in total. The van der Waals surface area contributed by atoms with Gasteiger partial charge in [0.25, 0.3) is 0 Å². The molecule has 3 aliphatic heterocycles. The molecular formula is C12H18N2O2. The highest BCUT2D eigenvalue weighted by atomic mass is 16.2. The Kier molecular flexibility index (Phi) is 2.28. The van der Waals surface area contributed by atoms with E-state index in [1.165, 1.54) is 19.3 Å². The maximum atomic E-state index is 11.6. The van der Waals surface area contributed by atoms with E-state index in [0.717, 1.165) is 19.5 Å². The number of hydrogen-bond donors (Lipinski definition) is 1. The second-order valence-electron chi connectivity index (χ2n) is 5.48. The van der Waals surface area contributed by atoms with Crippen LogP contribution in [0.1, 0.15) is 38.5 Å². The number of nitrogens with one attached hydrogen (secondary N) is 1. The van der Waals surface area contributed by atoms with Gasteiger partial charge >= 0.3 is 0 Å². The summed E-state index contributed by atoms with van der Waals surface area (Å²) in [5.74, 6) is -0.132. The van der Waals surface area contributed by atoms with Gasteiger partial charge in [0.2, 0.25) is 11.8 Å². The van der Waals surface area contributed by atoms with E-state index in [1.54, 1.807) is 0 Å². The molecule has 1 spiro atoms. The topological polar surface area (TPSA) is 49.4 Å². The fraction of sp³-hybridized carbons (Fsp3) is 0.833. The van der Waals surface area contributed by atoms with Gasteiger partial charge in [-0.1, -0.05) is 6.42 Å². The van der Waals surface area contributed by atoms with Gasteiger partial charge < -0.3 is 0 Å². The van der Waals surface area contributed by atoms with Crippen LogP contribution < -0.4 is 5.32 Å². The summed E-state index contributed by atoms with van der Waals surface area (Å²) in [5, 5.41) is 2.43. The molecule has 0 aromatic rings. The van der Waals surface area contributed by atoms with Crippen LogP contribution in [0.3, 0.4) is 0 Å². The predicted octanol–water partition coefficient (Wildman–Crippen LogP) is 0.668. The first kappa shape index (κ1) is 10.3. The van der Waals surface area contributed by atoms with Gasteiger partial charge in [-0.3, -0.25) is 19.8 Å². The smallest absolute Gasteiger partial charge is 0.227 e. The summed E-state index contributed by atoms with van der Waals surface area (Å²) in [6, 6.07) is 0.483. The van der Waals surface area contributed by atoms with Crippen molar-refractivity contribution >= 4 is 11.8 Å². The maximum absolute atomic E-state index is 11.6. The Bertz CT molecular complexity index is 324. The molecule has 0 bridgehead atoms. The first-order valence-electron chi connectivity index (χ1n) is 6.26. The van der Waals surface area contributed by atoms with Crippen molar-refractivity contribution in [1.82, 2.24) is 10.2 Å². The lowest BCUT2D eigenvalue weighted by Crippen LogP contribution is -2.51. The zero-order valence-corrected chi connectivity index (χ0v) is 9.50. The average molecular weight is 222 g/mol. The van der Waals surface area contributed by atoms with Gasteiger partial charge in [-0.2, -0.15) is 0 Å². The lowest BCUT2D eigenvalue weighted by atomic mass is 9.70. The molecular weight excluding hydrogens is 204 g/mol. The van der Waals surface area contributed by atoms with Gasteiger partial charge in [0.1, 0.15) is 0 Å². The molecule has 1 atom stereocenters. The van der Waals surface area contributed by atoms with Crippen molar-refractivity contribution in [3.63, 3.8) is 0 Å². The summed E-state index contributed by atoms with van der Waals surface area (Å²) in [5.41, 5.74) is -0.0279. The minimum atomic E-state index is -0.0660. The quantitative estimate of drug-likeness (QED) is 0.613. The van der Waals surface area contributed by atoms with Crippen molar-refractivity contribution in [2.24, 2.45) is 5.41 Å². The average Bonchev–Trinajstić information content (AvgIpc) is 2.57. The number of carbonyl (C=O) groups excluding carboxylic acids is 2. The van der Waals surface area contributed by atoms with Crippen LogP contribution in [-0.2, 0) is 9.59 Å². The number of rotatable bonds is 0. The number of amides is 2. The highest BCUT2D eigenvalue weighted by Gasteiger charge is 2.51. The van der Waals surface area contributed by atoms with Crippen LogP contribution in [0.15, 0.2) is 0 Å². The third-order valence-electron chi connectivity index (χ3n) is 4.52. The zero-order chi connectivity index (χ0) is 11.2. The monoisotopic (exact) mass is 222 g/mol. The van der Waals surface area contributed by atoms with Crippen molar-refractivity contribution in [1.29, 1.82) is 0 Å². The minimum Gasteiger partial charge on any atom is -0.300 e. The molecule has 0 saturated carbocycles. The Morgan fingerprint density at radius 1 is 1.12 bits per heavy atom. The van der Waals surface area contributed by atoms with E-state index in [4.69, 9.17) is 0 Å². The van der Waals surface area contributed by atoms with Gasteiger partial charge in [-0.15, -0.1) is 0 Å². The van der Waals surface area contributed by atoms with Crippen LogP contribution in [0.5, 0.6) is 0 Å². The van der Waals surface area contributed by atoms with Crippen LogP contribution in [-0.4, -0.2) is 35.8 Å². The van der Waals surface area contributed by atoms with Crippen molar-refractivity contribution in [3.8, 4) is 0 Å². The third kappa shape index (κ3) is 1.47. The van der Waals surface area contributed by atoms with Crippen LogP contribution in [0, 0.1) is 5.41 Å². The van der Waals surface area contributed by atoms with E-state index in [-0.39, 0.29) is 17.2 Å². The number of piperidine rings is 2. The van der Waals surface area contributed by atoms with E-state index in [1.807, 2.05) is 0 Å². The van der Waals surface area contributed by atoms with Crippen LogP contribution in [0.25, 0.3) is 0 Å². The molecule has 3 saturated heterocycles. The van der Waals surface area contributed by atoms with Gasteiger partial charge in [-0.05, 0) is 32.4 Å². The molecule has 3 rings (SSSR count). The predicted molar refractivity (Wildman–Crippen MR) is 58.6 cm³/mol. The molecule has 0 aliphatic carbocycles. The van der Waals surface area contributed by atoms with Gasteiger partial charge in [-0.25, -0.2) is 0 Å². The highest BCUT2D eigenvalue weighted by Crippen LogP contribution is 2.47. The first-order valence-corrected chi connectivity index (χ1v) is 6.26. The number of hydrogen-bond acceptors (Lipinski definition) is 3. The second kappa shape index (κ2) is 3.55. The van der Waals surface area contributed by atoms with Gasteiger partial charge in [0.05, 0.1) is 0 Å². The molecule has 1 unspecified atom stereocenters. The Morgan fingerprint density at radius 2 is 1.88 bits per heavy atom. The van der Waals surface area contributed by atoms with Gasteiger partial charge in [0.15, 0.2) is 0 Å². The molecule has 16 heavy (non-hydrogen) atoms. The Morgan fingerprint density at radius 3 is 2.62 bits per heavy atom. The standard InChI is InChI=1S/C12H18N2O2/c15-10-7-12(8-11(16)13-10)4-6-14-5-2-1-3-9(12)14/h9H,1-8H2,(H,13,15,16). The van der Waals surface area contributed by atoms with E-state index in [0.29, 0.717) is 18.9 Å². The van der Waals surface area contributed by atoms with Gasteiger partial charge in [0, 0.05) is 24.3 Å². The van der Waals surface area contributed by atoms with E-state index >= 15 is 0 Å². The Labute approximate surface area is 95.4 Å². The molecule has 3 heterocycles. The summed E-state index contributed by atoms with van der Waals surface area (Å²) in [6.45, 7) is 2.23. The lowest BCUT2D eigenvalue weighted by molar-refractivity contribution is -0.139. The summed E-state index contributed by atoms with van der Waals surface area (Å²) in [7, 11) is 0. The zero-order valence-electron chi connectivity index (χ0n) is 9.50. The number of carbonyl (C=O) groups is 2. The molecule has 1 N–H and O–H groups in total. The van der Waals surface area contributed by atoms with Crippen LogP contribution in [0.2, 0.25) is 0 Å². The van der Waals surface area contributed by atoms with Crippen molar-refractivity contribution in [2.75, 3.05) is 13.1 Å². The minimum absolute atomic E-state index is 0.0279. The Balaban J connectivity index is 1.86. The molecule has 0 aromatic heterocycles. The number of imide groups is 1. The molecule has 4 heteroatoms. The summed E-state index contributed by atoms with van der Waals surface area (Å²) < 4.78 is 0. The SMILES string of the molecule is O=C1CC2(CCN3CCCCC32)CC(=O)N1. The number of nitrogens with zero attached hydrogens (tertiary/aromatic N) is 1. The molecule has 3 fully saturated rings. The first-order chi connectivity index (χ1) is 7.70. The molecule has 0 aromatic carbocycles. The fourth-order valence-corrected chi connectivity index (χ4v) is 3.84. The lowest BCUT2D eigenvalue weighted by Gasteiger charge is -2.42. The molecule has 88 valence electrons. The summed E-state index contributed by atoms with van der Waals surface area (Å²) in [6.07, 6.45) is 5.82. The van der Waals surface area contributed by atoms with Crippen molar-refractivity contribution in [3.05, 3.63) is 0 Å². The second-order valence-corrected chi connectivity index (χ2v) is 5.48. The molecule has 3 aliphatic rings. The molecule has 2 amide bonds. The van der Waals surface area contributed by atoms with Crippen LogP contribution >= 0.6 is 0 Å². The summed E-state index contributed by atoms with van der Waals surface area (Å²) in [4.78, 5) is 25.6. The Hall–Kier alpha value is -0.900. The number of fused-ring (bicyclic) bond motifs is 2.